The van der Waals surface area contributed by atoms with Crippen molar-refractivity contribution in [2.24, 2.45) is 0 Å². The smallest absolute Gasteiger partial charge is 0.323 e. The minimum absolute atomic E-state index is 0.00928. The highest BCUT2D eigenvalue weighted by molar-refractivity contribution is 6.31. The predicted octanol–water partition coefficient (Wildman–Crippen LogP) is 5.51. The van der Waals surface area contributed by atoms with Gasteiger partial charge in [-0.15, -0.1) is 5.10 Å². The van der Waals surface area contributed by atoms with E-state index in [0.29, 0.717) is 24.6 Å². The SMILES string of the molecule is CCOC(=O)C1Cc2c([nH]c3ccccc23)[C@@H](C)N1Cc1cn(CCCNc2ccnc3cc(Cl)ccc23)nn1. The fraction of sp³-hybridized carbons (Fsp3) is 0.333. The van der Waals surface area contributed by atoms with E-state index >= 15 is 0 Å². The highest BCUT2D eigenvalue weighted by Gasteiger charge is 2.39. The van der Waals surface area contributed by atoms with Crippen LogP contribution in [0.1, 0.15) is 43.3 Å². The first-order valence-electron chi connectivity index (χ1n) is 13.7. The summed E-state index contributed by atoms with van der Waals surface area (Å²) in [6.45, 7) is 6.33. The largest absolute Gasteiger partial charge is 0.465 e. The highest BCUT2D eigenvalue weighted by atomic mass is 35.5. The maximum absolute atomic E-state index is 13.1. The molecule has 1 aliphatic rings. The molecule has 0 saturated carbocycles. The Kier molecular flexibility index (Phi) is 7.40. The molecule has 0 saturated heterocycles. The molecule has 1 unspecified atom stereocenters. The van der Waals surface area contributed by atoms with E-state index in [1.54, 1.807) is 6.20 Å². The second kappa shape index (κ2) is 11.3. The number of rotatable bonds is 9. The number of aromatic nitrogens is 5. The average molecular weight is 558 g/mol. The Bertz CT molecular complexity index is 1660. The maximum atomic E-state index is 13.1. The van der Waals surface area contributed by atoms with Gasteiger partial charge < -0.3 is 15.0 Å². The van der Waals surface area contributed by atoms with Crippen molar-refractivity contribution in [1.82, 2.24) is 29.9 Å². The van der Waals surface area contributed by atoms with Crippen molar-refractivity contribution in [1.29, 1.82) is 0 Å². The molecule has 6 rings (SSSR count). The maximum Gasteiger partial charge on any atom is 0.323 e. The summed E-state index contributed by atoms with van der Waals surface area (Å²) in [5.41, 5.74) is 6.15. The van der Waals surface area contributed by atoms with Crippen molar-refractivity contribution >= 4 is 45.1 Å². The van der Waals surface area contributed by atoms with E-state index in [2.05, 4.69) is 49.6 Å². The molecule has 2 atom stereocenters. The van der Waals surface area contributed by atoms with Gasteiger partial charge in [-0.05, 0) is 56.2 Å². The van der Waals surface area contributed by atoms with Crippen LogP contribution in [0.2, 0.25) is 5.02 Å². The van der Waals surface area contributed by atoms with Crippen LogP contribution >= 0.6 is 11.6 Å². The van der Waals surface area contributed by atoms with Crippen LogP contribution in [0.3, 0.4) is 0 Å². The van der Waals surface area contributed by atoms with Gasteiger partial charge in [0.2, 0.25) is 0 Å². The summed E-state index contributed by atoms with van der Waals surface area (Å²) in [6, 6.07) is 15.6. The summed E-state index contributed by atoms with van der Waals surface area (Å²) in [5, 5.41) is 15.2. The second-order valence-corrected chi connectivity index (χ2v) is 10.6. The van der Waals surface area contributed by atoms with Crippen molar-refractivity contribution < 1.29 is 9.53 Å². The fourth-order valence-electron chi connectivity index (χ4n) is 5.69. The number of nitrogens with zero attached hydrogens (tertiary/aromatic N) is 5. The molecule has 1 aliphatic heterocycles. The van der Waals surface area contributed by atoms with E-state index in [4.69, 9.17) is 16.3 Å². The molecule has 10 heteroatoms. The lowest BCUT2D eigenvalue weighted by molar-refractivity contribution is -0.151. The number of H-pyrrole nitrogens is 1. The van der Waals surface area contributed by atoms with Crippen LogP contribution in [0.4, 0.5) is 5.69 Å². The third-order valence-corrected chi connectivity index (χ3v) is 7.87. The minimum atomic E-state index is -0.388. The van der Waals surface area contributed by atoms with Gasteiger partial charge in [-0.25, -0.2) is 0 Å². The molecule has 4 heterocycles. The number of benzene rings is 2. The Morgan fingerprint density at radius 2 is 2.08 bits per heavy atom. The summed E-state index contributed by atoms with van der Waals surface area (Å²) in [5.74, 6) is -0.199. The van der Waals surface area contributed by atoms with Gasteiger partial charge in [0.25, 0.3) is 0 Å². The zero-order valence-corrected chi connectivity index (χ0v) is 23.4. The molecule has 0 amide bonds. The van der Waals surface area contributed by atoms with Crippen LogP contribution in [-0.2, 0) is 29.0 Å². The van der Waals surface area contributed by atoms with E-state index in [9.17, 15) is 4.79 Å². The van der Waals surface area contributed by atoms with Gasteiger partial charge in [-0.1, -0.05) is 35.0 Å². The van der Waals surface area contributed by atoms with Gasteiger partial charge >= 0.3 is 5.97 Å². The number of fused-ring (bicyclic) bond motifs is 4. The Morgan fingerprint density at radius 3 is 2.95 bits per heavy atom. The third kappa shape index (κ3) is 5.14. The van der Waals surface area contributed by atoms with E-state index in [-0.39, 0.29) is 18.1 Å². The van der Waals surface area contributed by atoms with Gasteiger partial charge in [0.15, 0.2) is 0 Å². The molecule has 0 bridgehead atoms. The number of hydrogen-bond acceptors (Lipinski definition) is 7. The molecule has 9 nitrogen and oxygen atoms in total. The van der Waals surface area contributed by atoms with Crippen LogP contribution in [0, 0.1) is 0 Å². The average Bonchev–Trinajstić information content (AvgIpc) is 3.57. The molecule has 3 aromatic heterocycles. The summed E-state index contributed by atoms with van der Waals surface area (Å²) in [6.07, 6.45) is 5.22. The molecule has 0 aliphatic carbocycles. The Labute approximate surface area is 237 Å². The number of pyridine rings is 1. The topological polar surface area (TPSA) is 101 Å². The minimum Gasteiger partial charge on any atom is -0.465 e. The zero-order valence-electron chi connectivity index (χ0n) is 22.6. The zero-order chi connectivity index (χ0) is 27.6. The molecule has 2 N–H and O–H groups in total. The fourth-order valence-corrected chi connectivity index (χ4v) is 5.86. The predicted molar refractivity (Wildman–Crippen MR) is 156 cm³/mol. The number of carbonyl (C=O) groups excluding carboxylic acids is 1. The third-order valence-electron chi connectivity index (χ3n) is 7.63. The number of carbonyl (C=O) groups is 1. The molecule has 0 fully saturated rings. The first-order valence-corrected chi connectivity index (χ1v) is 14.1. The number of ether oxygens (including phenoxy) is 1. The number of esters is 1. The summed E-state index contributed by atoms with van der Waals surface area (Å²) >= 11 is 6.11. The van der Waals surface area contributed by atoms with Crippen molar-refractivity contribution in [3.05, 3.63) is 82.9 Å². The van der Waals surface area contributed by atoms with Crippen LogP contribution < -0.4 is 5.32 Å². The van der Waals surface area contributed by atoms with Crippen LogP contribution in [-0.4, -0.2) is 55.0 Å². The van der Waals surface area contributed by atoms with Crippen molar-refractivity contribution in [2.75, 3.05) is 18.5 Å². The molecule has 2 aromatic carbocycles. The van der Waals surface area contributed by atoms with Gasteiger partial charge in [0.05, 0.1) is 17.8 Å². The number of anilines is 1. The van der Waals surface area contributed by atoms with Crippen LogP contribution in [0.5, 0.6) is 0 Å². The lowest BCUT2D eigenvalue weighted by Crippen LogP contribution is -2.47. The van der Waals surface area contributed by atoms with Crippen molar-refractivity contribution in [2.45, 2.75) is 51.9 Å². The highest BCUT2D eigenvalue weighted by Crippen LogP contribution is 2.38. The Balaban J connectivity index is 1.12. The van der Waals surface area contributed by atoms with Crippen molar-refractivity contribution in [3.8, 4) is 0 Å². The molecule has 0 spiro atoms. The number of aryl methyl sites for hydroxylation is 1. The summed E-state index contributed by atoms with van der Waals surface area (Å²) in [7, 11) is 0. The van der Waals surface area contributed by atoms with Gasteiger partial charge in [0, 0.05) is 77.2 Å². The summed E-state index contributed by atoms with van der Waals surface area (Å²) in [4.78, 5) is 23.2. The lowest BCUT2D eigenvalue weighted by atomic mass is 9.92. The monoisotopic (exact) mass is 557 g/mol. The van der Waals surface area contributed by atoms with E-state index < -0.39 is 0 Å². The standard InChI is InChI=1S/C30H32ClN7O2/c1-3-40-30(39)28-16-24-22-7-4-5-8-26(22)34-29(24)19(2)38(28)18-21-17-37(36-35-21)14-6-12-32-25-11-13-33-27-15-20(31)9-10-23(25)27/h4-5,7-11,13,15,17,19,28,34H,3,6,12,14,16,18H2,1-2H3,(H,32,33)/t19-,28?/m1/s1. The molecule has 0 radical (unpaired) electrons. The van der Waals surface area contributed by atoms with Gasteiger partial charge in [-0.2, -0.15) is 0 Å². The second-order valence-electron chi connectivity index (χ2n) is 10.2. The van der Waals surface area contributed by atoms with E-state index in [1.807, 2.05) is 54.2 Å². The first kappa shape index (κ1) is 26.3. The number of halogens is 1. The number of aromatic amines is 1. The van der Waals surface area contributed by atoms with Gasteiger partial charge in [-0.3, -0.25) is 19.4 Å². The molecule has 206 valence electrons. The Morgan fingerprint density at radius 1 is 1.20 bits per heavy atom. The molecule has 5 aromatic rings. The van der Waals surface area contributed by atoms with E-state index in [1.165, 1.54) is 10.9 Å². The normalized spacial score (nSPS) is 17.3. The Hall–Kier alpha value is -3.95. The van der Waals surface area contributed by atoms with Gasteiger partial charge in [0.1, 0.15) is 6.04 Å². The van der Waals surface area contributed by atoms with Crippen molar-refractivity contribution in [3.63, 3.8) is 0 Å². The molecular weight excluding hydrogens is 526 g/mol. The summed E-state index contributed by atoms with van der Waals surface area (Å²) < 4.78 is 7.36. The molecular formula is C30H32ClN7O2. The number of nitrogens with one attached hydrogen (secondary N) is 2. The number of hydrogen-bond donors (Lipinski definition) is 2. The quantitative estimate of drug-likeness (QED) is 0.182. The van der Waals surface area contributed by atoms with E-state index in [0.717, 1.165) is 53.0 Å². The molecule has 40 heavy (non-hydrogen) atoms. The van der Waals surface area contributed by atoms with Crippen LogP contribution in [0.15, 0.2) is 60.9 Å². The first-order chi connectivity index (χ1) is 19.5. The lowest BCUT2D eigenvalue weighted by Gasteiger charge is -2.38. The van der Waals surface area contributed by atoms with Crippen LogP contribution in [0.25, 0.3) is 21.8 Å². The number of para-hydroxylation sites is 1.